The maximum Gasteiger partial charge on any atom is 0.0575 e. The summed E-state index contributed by atoms with van der Waals surface area (Å²) in [7, 11) is 2.02. The van der Waals surface area contributed by atoms with Crippen LogP contribution in [-0.4, -0.2) is 25.8 Å². The summed E-state index contributed by atoms with van der Waals surface area (Å²) in [6, 6.07) is 0.531. The van der Waals surface area contributed by atoms with E-state index >= 15 is 0 Å². The molecule has 15 heavy (non-hydrogen) atoms. The molecule has 0 saturated carbocycles. The minimum absolute atomic E-state index is 0.504. The van der Waals surface area contributed by atoms with Crippen molar-refractivity contribution < 1.29 is 4.74 Å². The summed E-state index contributed by atoms with van der Waals surface area (Å²) in [5.74, 6) is 6.08. The van der Waals surface area contributed by atoms with Gasteiger partial charge in [-0.2, -0.15) is 0 Å². The van der Waals surface area contributed by atoms with Crippen LogP contribution in [0.4, 0.5) is 0 Å². The van der Waals surface area contributed by atoms with Crippen molar-refractivity contribution in [3.8, 4) is 11.8 Å². The maximum absolute atomic E-state index is 5.71. The van der Waals surface area contributed by atoms with E-state index in [1.807, 2.05) is 14.0 Å². The van der Waals surface area contributed by atoms with E-state index in [9.17, 15) is 0 Å². The van der Waals surface area contributed by atoms with Gasteiger partial charge in [0.25, 0.3) is 0 Å². The minimum atomic E-state index is 0.504. The van der Waals surface area contributed by atoms with E-state index in [1.54, 1.807) is 0 Å². The maximum atomic E-state index is 5.71. The normalized spacial score (nSPS) is 22.9. The first kappa shape index (κ1) is 12.5. The molecule has 86 valence electrons. The molecule has 2 unspecified atom stereocenters. The summed E-state index contributed by atoms with van der Waals surface area (Å²) in [5.41, 5.74) is 0. The van der Waals surface area contributed by atoms with Crippen LogP contribution in [0.2, 0.25) is 0 Å². The summed E-state index contributed by atoms with van der Waals surface area (Å²) in [6.45, 7) is 2.86. The van der Waals surface area contributed by atoms with Crippen molar-refractivity contribution in [2.24, 2.45) is 0 Å². The molecule has 0 aromatic rings. The van der Waals surface area contributed by atoms with Crippen LogP contribution in [0.1, 0.15) is 45.4 Å². The standard InChI is InChI=1S/C13H23NO/c1-3-4-7-12(14-2)9-10-13-8-5-6-11-15-13/h12-14H,5-11H2,1-2H3. The van der Waals surface area contributed by atoms with Gasteiger partial charge in [0.15, 0.2) is 0 Å². The van der Waals surface area contributed by atoms with Crippen molar-refractivity contribution in [1.82, 2.24) is 5.32 Å². The number of hydrogen-bond donors (Lipinski definition) is 1. The van der Waals surface area contributed by atoms with Crippen LogP contribution < -0.4 is 5.32 Å². The molecule has 0 bridgehead atoms. The van der Waals surface area contributed by atoms with Gasteiger partial charge in [-0.25, -0.2) is 0 Å². The van der Waals surface area contributed by atoms with Crippen LogP contribution in [-0.2, 0) is 4.74 Å². The van der Waals surface area contributed by atoms with Gasteiger partial charge in [-0.3, -0.25) is 0 Å². The second-order valence-corrected chi connectivity index (χ2v) is 4.18. The van der Waals surface area contributed by atoms with E-state index in [-0.39, 0.29) is 0 Å². The third-order valence-electron chi connectivity index (χ3n) is 3.04. The molecule has 1 saturated heterocycles. The zero-order valence-electron chi connectivity index (χ0n) is 10.0. The van der Waals surface area contributed by atoms with Crippen LogP contribution in [0.15, 0.2) is 0 Å². The van der Waals surface area contributed by atoms with Crippen LogP contribution in [0.5, 0.6) is 0 Å². The van der Waals surface area contributed by atoms with E-state index in [1.165, 1.54) is 32.1 Å². The van der Waals surface area contributed by atoms with Gasteiger partial charge >= 0.3 is 0 Å². The second-order valence-electron chi connectivity index (χ2n) is 4.18. The van der Waals surface area contributed by atoms with Crippen LogP contribution in [0.25, 0.3) is 0 Å². The van der Waals surface area contributed by atoms with Crippen LogP contribution in [0.3, 0.4) is 0 Å². The molecule has 0 aliphatic carbocycles. The highest BCUT2D eigenvalue weighted by Crippen LogP contribution is 2.18. The molecule has 1 heterocycles. The average Bonchev–Trinajstić information content (AvgIpc) is 2.31. The van der Waals surface area contributed by atoms with E-state index in [0.717, 1.165) is 13.0 Å². The largest absolute Gasteiger partial charge is 0.378 e. The van der Waals surface area contributed by atoms with Gasteiger partial charge in [-0.15, -0.1) is 11.8 Å². The second kappa shape index (κ2) is 7.73. The Morgan fingerprint density at radius 1 is 1.47 bits per heavy atom. The lowest BCUT2D eigenvalue weighted by Crippen LogP contribution is -2.27. The quantitative estimate of drug-likeness (QED) is 0.702. The Bertz CT molecular complexity index is 210. The van der Waals surface area contributed by atoms with Crippen molar-refractivity contribution in [2.45, 2.75) is 57.6 Å². The predicted molar refractivity (Wildman–Crippen MR) is 63.7 cm³/mol. The predicted octanol–water partition coefficient (Wildman–Crippen LogP) is 2.34. The molecule has 2 heteroatoms. The van der Waals surface area contributed by atoms with Crippen molar-refractivity contribution in [1.29, 1.82) is 0 Å². The molecule has 1 rings (SSSR count). The highest BCUT2D eigenvalue weighted by atomic mass is 16.5. The average molecular weight is 209 g/mol. The topological polar surface area (TPSA) is 21.3 Å². The van der Waals surface area contributed by atoms with Gasteiger partial charge in [-0.1, -0.05) is 0 Å². The Labute approximate surface area is 93.8 Å². The third-order valence-corrected chi connectivity index (χ3v) is 3.04. The van der Waals surface area contributed by atoms with Gasteiger partial charge in [0.05, 0.1) is 6.10 Å². The number of nitrogens with one attached hydrogen (secondary N) is 1. The molecule has 1 fully saturated rings. The van der Waals surface area contributed by atoms with E-state index in [2.05, 4.69) is 17.2 Å². The Hall–Kier alpha value is -0.520. The third kappa shape index (κ3) is 5.20. The smallest absolute Gasteiger partial charge is 0.0575 e. The summed E-state index contributed by atoms with van der Waals surface area (Å²) in [6.07, 6.45) is 7.64. The first-order chi connectivity index (χ1) is 7.36. The Kier molecular flexibility index (Phi) is 6.47. The Balaban J connectivity index is 2.16. The fraction of sp³-hybridized carbons (Fsp3) is 0.846. The highest BCUT2D eigenvalue weighted by molar-refractivity contribution is 4.98. The lowest BCUT2D eigenvalue weighted by molar-refractivity contribution is 0.00877. The van der Waals surface area contributed by atoms with Crippen molar-refractivity contribution in [3.05, 3.63) is 0 Å². The van der Waals surface area contributed by atoms with Crippen molar-refractivity contribution in [2.75, 3.05) is 13.7 Å². The highest BCUT2D eigenvalue weighted by Gasteiger charge is 2.15. The lowest BCUT2D eigenvalue weighted by atomic mass is 10.0. The van der Waals surface area contributed by atoms with Crippen LogP contribution >= 0.6 is 0 Å². The van der Waals surface area contributed by atoms with Gasteiger partial charge < -0.3 is 10.1 Å². The van der Waals surface area contributed by atoms with Gasteiger partial charge in [0.2, 0.25) is 0 Å². The molecular formula is C13H23NO. The molecule has 2 nitrogen and oxygen atoms in total. The molecule has 1 aliphatic heterocycles. The molecule has 0 aromatic heterocycles. The molecule has 1 aliphatic rings. The van der Waals surface area contributed by atoms with E-state index < -0.39 is 0 Å². The molecule has 0 amide bonds. The van der Waals surface area contributed by atoms with Gasteiger partial charge in [0.1, 0.15) is 0 Å². The number of hydrogen-bond acceptors (Lipinski definition) is 2. The summed E-state index contributed by atoms with van der Waals surface area (Å²) in [5, 5.41) is 3.32. The molecule has 0 spiro atoms. The Morgan fingerprint density at radius 3 is 2.93 bits per heavy atom. The fourth-order valence-electron chi connectivity index (χ4n) is 2.00. The van der Waals surface area contributed by atoms with E-state index in [0.29, 0.717) is 12.1 Å². The SMILES string of the molecule is CC#CCC(CCC1CCCCO1)NC. The number of ether oxygens (including phenoxy) is 1. The monoisotopic (exact) mass is 209 g/mol. The number of rotatable bonds is 5. The zero-order valence-corrected chi connectivity index (χ0v) is 10.0. The summed E-state index contributed by atoms with van der Waals surface area (Å²) < 4.78 is 5.71. The van der Waals surface area contributed by atoms with Gasteiger partial charge in [0, 0.05) is 19.1 Å². The summed E-state index contributed by atoms with van der Waals surface area (Å²) >= 11 is 0. The zero-order chi connectivity index (χ0) is 10.9. The molecule has 1 N–H and O–H groups in total. The fourth-order valence-corrected chi connectivity index (χ4v) is 2.00. The van der Waals surface area contributed by atoms with Crippen LogP contribution in [0, 0.1) is 11.8 Å². The molecular weight excluding hydrogens is 186 g/mol. The summed E-state index contributed by atoms with van der Waals surface area (Å²) in [4.78, 5) is 0. The molecule has 0 radical (unpaired) electrons. The van der Waals surface area contributed by atoms with Crippen molar-refractivity contribution >= 4 is 0 Å². The van der Waals surface area contributed by atoms with E-state index in [4.69, 9.17) is 4.74 Å². The van der Waals surface area contributed by atoms with Crippen molar-refractivity contribution in [3.63, 3.8) is 0 Å². The first-order valence-corrected chi connectivity index (χ1v) is 6.05. The van der Waals surface area contributed by atoms with Gasteiger partial charge in [-0.05, 0) is 46.1 Å². The Morgan fingerprint density at radius 2 is 2.33 bits per heavy atom. The lowest BCUT2D eigenvalue weighted by Gasteiger charge is -2.24. The molecule has 0 aromatic carbocycles. The first-order valence-electron chi connectivity index (χ1n) is 6.05. The minimum Gasteiger partial charge on any atom is -0.378 e. The molecule has 2 atom stereocenters.